The number of hydrogen-bond donors (Lipinski definition) is 0. The maximum Gasteiger partial charge on any atom is 0.164 e. The van der Waals surface area contributed by atoms with E-state index in [1.807, 2.05) is 53.4 Å². The van der Waals surface area contributed by atoms with Crippen LogP contribution < -0.4 is 4.74 Å². The monoisotopic (exact) mass is 399 g/mol. The van der Waals surface area contributed by atoms with Crippen LogP contribution >= 0.6 is 0 Å². The second-order valence-electron chi connectivity index (χ2n) is 7.66. The lowest BCUT2D eigenvalue weighted by Gasteiger charge is -2.26. The molecule has 3 aromatic heterocycles. The Labute approximate surface area is 176 Å². The molecule has 0 unspecified atom stereocenters. The predicted molar refractivity (Wildman–Crippen MR) is 117 cm³/mol. The summed E-state index contributed by atoms with van der Waals surface area (Å²) in [4.78, 5) is 11.5. The number of pyridine rings is 1. The van der Waals surface area contributed by atoms with Gasteiger partial charge in [0.1, 0.15) is 12.4 Å². The highest BCUT2D eigenvalue weighted by Gasteiger charge is 2.11. The molecule has 6 nitrogen and oxygen atoms in total. The molecule has 0 bridgehead atoms. The molecule has 4 heterocycles. The molecule has 5 rings (SSSR count). The highest BCUT2D eigenvalue weighted by molar-refractivity contribution is 5.75. The first-order valence-electron chi connectivity index (χ1n) is 10.6. The van der Waals surface area contributed by atoms with Gasteiger partial charge in [0.15, 0.2) is 5.65 Å². The van der Waals surface area contributed by atoms with Crippen molar-refractivity contribution >= 4 is 5.65 Å². The molecule has 0 N–H and O–H groups in total. The van der Waals surface area contributed by atoms with E-state index < -0.39 is 0 Å². The number of fused-ring (bicyclic) bond motifs is 1. The number of hydrogen-bond acceptors (Lipinski definition) is 5. The second-order valence-corrected chi connectivity index (χ2v) is 7.66. The summed E-state index contributed by atoms with van der Waals surface area (Å²) in [5.74, 6) is 0.904. The van der Waals surface area contributed by atoms with Crippen LogP contribution in [-0.2, 0) is 0 Å². The van der Waals surface area contributed by atoms with Gasteiger partial charge in [-0.25, -0.2) is 9.50 Å². The van der Waals surface area contributed by atoms with Crippen LogP contribution in [0.2, 0.25) is 0 Å². The minimum absolute atomic E-state index is 0.733. The molecule has 0 atom stereocenters. The zero-order chi connectivity index (χ0) is 20.2. The first-order valence-corrected chi connectivity index (χ1v) is 10.6. The SMILES string of the molecule is c1ccc(-c2cnn3cc(-c4ccc(OCCN5CCCCC5)cc4)cnc23)nc1. The van der Waals surface area contributed by atoms with E-state index in [1.54, 1.807) is 6.20 Å². The third kappa shape index (κ3) is 4.04. The van der Waals surface area contributed by atoms with Crippen molar-refractivity contribution < 1.29 is 4.74 Å². The number of piperidine rings is 1. The van der Waals surface area contributed by atoms with E-state index in [2.05, 4.69) is 32.1 Å². The van der Waals surface area contributed by atoms with Gasteiger partial charge in [0, 0.05) is 30.7 Å². The molecule has 1 saturated heterocycles. The maximum atomic E-state index is 5.94. The van der Waals surface area contributed by atoms with Crippen molar-refractivity contribution in [2.45, 2.75) is 19.3 Å². The van der Waals surface area contributed by atoms with Crippen LogP contribution in [0.3, 0.4) is 0 Å². The fraction of sp³-hybridized carbons (Fsp3) is 0.292. The maximum absolute atomic E-state index is 5.94. The quantitative estimate of drug-likeness (QED) is 0.483. The predicted octanol–water partition coefficient (Wildman–Crippen LogP) is 4.32. The van der Waals surface area contributed by atoms with Crippen molar-refractivity contribution in [3.8, 4) is 28.1 Å². The normalized spacial score (nSPS) is 14.8. The molecule has 0 radical (unpaired) electrons. The Bertz CT molecular complexity index is 1100. The zero-order valence-electron chi connectivity index (χ0n) is 16.9. The van der Waals surface area contributed by atoms with Crippen LogP contribution in [0, 0.1) is 0 Å². The van der Waals surface area contributed by atoms with E-state index in [1.165, 1.54) is 32.4 Å². The summed E-state index contributed by atoms with van der Waals surface area (Å²) in [7, 11) is 0. The van der Waals surface area contributed by atoms with Crippen LogP contribution in [0.1, 0.15) is 19.3 Å². The van der Waals surface area contributed by atoms with E-state index in [0.717, 1.165) is 46.9 Å². The topological polar surface area (TPSA) is 55.6 Å². The van der Waals surface area contributed by atoms with Gasteiger partial charge in [-0.05, 0) is 55.8 Å². The Morgan fingerprint density at radius 3 is 2.53 bits per heavy atom. The van der Waals surface area contributed by atoms with Crippen molar-refractivity contribution in [1.29, 1.82) is 0 Å². The lowest BCUT2D eigenvalue weighted by Crippen LogP contribution is -2.33. The van der Waals surface area contributed by atoms with E-state index in [9.17, 15) is 0 Å². The van der Waals surface area contributed by atoms with E-state index in [0.29, 0.717) is 0 Å². The van der Waals surface area contributed by atoms with Gasteiger partial charge in [-0.1, -0.05) is 24.6 Å². The van der Waals surface area contributed by atoms with Gasteiger partial charge >= 0.3 is 0 Å². The van der Waals surface area contributed by atoms with Crippen molar-refractivity contribution in [2.75, 3.05) is 26.2 Å². The van der Waals surface area contributed by atoms with E-state index in [4.69, 9.17) is 4.74 Å². The molecule has 0 saturated carbocycles. The standard InChI is InChI=1S/C24H25N5O/c1-4-12-28(13-5-1)14-15-30-21-9-7-19(8-10-21)20-16-26-24-22(17-27-29(24)18-20)23-6-2-3-11-25-23/h2-3,6-11,16-18H,1,4-5,12-15H2. The van der Waals surface area contributed by atoms with Crippen LogP contribution in [0.5, 0.6) is 5.75 Å². The molecule has 1 aliphatic heterocycles. The molecule has 1 fully saturated rings. The summed E-state index contributed by atoms with van der Waals surface area (Å²) in [6.07, 6.45) is 11.5. The van der Waals surface area contributed by atoms with Gasteiger partial charge in [0.05, 0.1) is 17.5 Å². The lowest BCUT2D eigenvalue weighted by atomic mass is 10.1. The van der Waals surface area contributed by atoms with Crippen LogP contribution in [0.15, 0.2) is 67.3 Å². The number of likely N-dealkylation sites (tertiary alicyclic amines) is 1. The molecule has 0 amide bonds. The van der Waals surface area contributed by atoms with Gasteiger partial charge in [-0.3, -0.25) is 9.88 Å². The molecule has 1 aliphatic rings. The fourth-order valence-electron chi connectivity index (χ4n) is 3.95. The van der Waals surface area contributed by atoms with Gasteiger partial charge in [0.2, 0.25) is 0 Å². The smallest absolute Gasteiger partial charge is 0.164 e. The molecule has 4 aromatic rings. The van der Waals surface area contributed by atoms with E-state index in [-0.39, 0.29) is 0 Å². The summed E-state index contributed by atoms with van der Waals surface area (Å²) in [6.45, 7) is 4.14. The number of aromatic nitrogens is 4. The second kappa shape index (κ2) is 8.63. The third-order valence-corrected chi connectivity index (χ3v) is 5.61. The highest BCUT2D eigenvalue weighted by atomic mass is 16.5. The minimum atomic E-state index is 0.733. The Morgan fingerprint density at radius 2 is 1.73 bits per heavy atom. The van der Waals surface area contributed by atoms with Crippen molar-refractivity contribution in [3.63, 3.8) is 0 Å². The Morgan fingerprint density at radius 1 is 0.867 bits per heavy atom. The Hall–Kier alpha value is -3.25. The molecule has 6 heteroatoms. The van der Waals surface area contributed by atoms with Crippen LogP contribution in [0.4, 0.5) is 0 Å². The van der Waals surface area contributed by atoms with Crippen LogP contribution in [0.25, 0.3) is 28.0 Å². The van der Waals surface area contributed by atoms with Gasteiger partial charge < -0.3 is 4.74 Å². The van der Waals surface area contributed by atoms with Crippen molar-refractivity contribution in [3.05, 3.63) is 67.3 Å². The summed E-state index contributed by atoms with van der Waals surface area (Å²) < 4.78 is 7.75. The number of nitrogens with zero attached hydrogens (tertiary/aromatic N) is 5. The Kier molecular flexibility index (Phi) is 5.40. The third-order valence-electron chi connectivity index (χ3n) is 5.61. The van der Waals surface area contributed by atoms with Crippen molar-refractivity contribution in [1.82, 2.24) is 24.5 Å². The first-order chi connectivity index (χ1) is 14.9. The molecule has 0 aliphatic carbocycles. The fourth-order valence-corrected chi connectivity index (χ4v) is 3.95. The van der Waals surface area contributed by atoms with Gasteiger partial charge in [-0.2, -0.15) is 5.10 Å². The average molecular weight is 399 g/mol. The molecule has 1 aromatic carbocycles. The number of benzene rings is 1. The first kappa shape index (κ1) is 18.8. The largest absolute Gasteiger partial charge is 0.492 e. The van der Waals surface area contributed by atoms with Crippen molar-refractivity contribution in [2.24, 2.45) is 0 Å². The van der Waals surface area contributed by atoms with Gasteiger partial charge in [0.25, 0.3) is 0 Å². The number of rotatable bonds is 6. The molecule has 30 heavy (non-hydrogen) atoms. The van der Waals surface area contributed by atoms with E-state index >= 15 is 0 Å². The average Bonchev–Trinajstić information content (AvgIpc) is 3.24. The summed E-state index contributed by atoms with van der Waals surface area (Å²) in [6, 6.07) is 14.0. The summed E-state index contributed by atoms with van der Waals surface area (Å²) in [5.41, 5.74) is 4.70. The lowest BCUT2D eigenvalue weighted by molar-refractivity contribution is 0.183. The molecular formula is C24H25N5O. The van der Waals surface area contributed by atoms with Crippen LogP contribution in [-0.4, -0.2) is 50.7 Å². The molecule has 152 valence electrons. The summed E-state index contributed by atoms with van der Waals surface area (Å²) in [5, 5.41) is 4.47. The summed E-state index contributed by atoms with van der Waals surface area (Å²) >= 11 is 0. The Balaban J connectivity index is 1.27. The highest BCUT2D eigenvalue weighted by Crippen LogP contribution is 2.25. The minimum Gasteiger partial charge on any atom is -0.492 e. The zero-order valence-corrected chi connectivity index (χ0v) is 16.9. The number of ether oxygens (including phenoxy) is 1. The van der Waals surface area contributed by atoms with Gasteiger partial charge in [-0.15, -0.1) is 0 Å². The molecular weight excluding hydrogens is 374 g/mol. The molecule has 0 spiro atoms.